The van der Waals surface area contributed by atoms with E-state index in [2.05, 4.69) is 48.3 Å². The fourth-order valence-corrected chi connectivity index (χ4v) is 3.05. The predicted molar refractivity (Wildman–Crippen MR) is 113 cm³/mol. The van der Waals surface area contributed by atoms with Crippen LogP contribution in [-0.2, 0) is 6.54 Å². The van der Waals surface area contributed by atoms with Gasteiger partial charge in [0.25, 0.3) is 5.91 Å². The van der Waals surface area contributed by atoms with E-state index in [1.165, 1.54) is 5.56 Å². The molecule has 3 aromatic carbocycles. The van der Waals surface area contributed by atoms with E-state index in [-0.39, 0.29) is 5.91 Å². The average molecular weight is 358 g/mol. The van der Waals surface area contributed by atoms with Gasteiger partial charge < -0.3 is 5.32 Å². The molecule has 0 saturated carbocycles. The summed E-state index contributed by atoms with van der Waals surface area (Å²) in [5.41, 5.74) is 4.97. The third kappa shape index (κ3) is 5.05. The summed E-state index contributed by atoms with van der Waals surface area (Å²) in [7, 11) is 0. The molecule has 1 N–H and O–H groups in total. The quantitative estimate of drug-likeness (QED) is 0.609. The fraction of sp³-hybridized carbons (Fsp3) is 0.208. The van der Waals surface area contributed by atoms with Gasteiger partial charge in [-0.25, -0.2) is 0 Å². The number of carbonyl (C=O) groups excluding carboxylic acids is 1. The molecule has 0 aromatic heterocycles. The largest absolute Gasteiger partial charge is 0.322 e. The maximum absolute atomic E-state index is 12.5. The molecule has 0 aliphatic rings. The summed E-state index contributed by atoms with van der Waals surface area (Å²) in [6.07, 6.45) is 0. The van der Waals surface area contributed by atoms with Crippen LogP contribution in [0.15, 0.2) is 78.9 Å². The normalized spacial score (nSPS) is 10.8. The predicted octanol–water partition coefficient (Wildman–Crippen LogP) is 5.45. The molecule has 0 aliphatic carbocycles. The van der Waals surface area contributed by atoms with Crippen molar-refractivity contribution in [1.82, 2.24) is 4.90 Å². The monoisotopic (exact) mass is 358 g/mol. The molecule has 138 valence electrons. The van der Waals surface area contributed by atoms with Crippen LogP contribution >= 0.6 is 0 Å². The lowest BCUT2D eigenvalue weighted by atomic mass is 10.0. The summed E-state index contributed by atoms with van der Waals surface area (Å²) in [5.74, 6) is -0.0916. The van der Waals surface area contributed by atoms with Gasteiger partial charge in [0.15, 0.2) is 0 Å². The SMILES string of the molecule is CCN(CC)Cc1ccc(NC(=O)c2ccc(-c3ccccc3)cc2)cc1. The molecular weight excluding hydrogens is 332 g/mol. The van der Waals surface area contributed by atoms with Crippen molar-refractivity contribution < 1.29 is 4.79 Å². The Morgan fingerprint density at radius 1 is 0.778 bits per heavy atom. The number of nitrogens with one attached hydrogen (secondary N) is 1. The van der Waals surface area contributed by atoms with Gasteiger partial charge in [0.05, 0.1) is 0 Å². The second kappa shape index (κ2) is 9.15. The Kier molecular flexibility index (Phi) is 6.39. The summed E-state index contributed by atoms with van der Waals surface area (Å²) in [5, 5.41) is 2.97. The van der Waals surface area contributed by atoms with Crippen LogP contribution in [0.2, 0.25) is 0 Å². The molecule has 0 unspecified atom stereocenters. The van der Waals surface area contributed by atoms with Gasteiger partial charge in [-0.2, -0.15) is 0 Å². The van der Waals surface area contributed by atoms with Crippen LogP contribution in [0, 0.1) is 0 Å². The first-order chi connectivity index (χ1) is 13.2. The third-order valence-corrected chi connectivity index (χ3v) is 4.77. The van der Waals surface area contributed by atoms with Crippen LogP contribution in [-0.4, -0.2) is 23.9 Å². The molecule has 27 heavy (non-hydrogen) atoms. The van der Waals surface area contributed by atoms with E-state index in [0.29, 0.717) is 5.56 Å². The summed E-state index contributed by atoms with van der Waals surface area (Å²) >= 11 is 0. The molecule has 3 rings (SSSR count). The molecule has 3 nitrogen and oxygen atoms in total. The Morgan fingerprint density at radius 2 is 1.37 bits per heavy atom. The minimum Gasteiger partial charge on any atom is -0.322 e. The van der Waals surface area contributed by atoms with Gasteiger partial charge in [-0.3, -0.25) is 9.69 Å². The number of amides is 1. The highest BCUT2D eigenvalue weighted by atomic mass is 16.1. The molecule has 0 aliphatic heterocycles. The first-order valence-corrected chi connectivity index (χ1v) is 9.47. The number of rotatable bonds is 7. The highest BCUT2D eigenvalue weighted by Crippen LogP contribution is 2.20. The maximum atomic E-state index is 12.5. The van der Waals surface area contributed by atoms with Crippen molar-refractivity contribution in [1.29, 1.82) is 0 Å². The van der Waals surface area contributed by atoms with E-state index < -0.39 is 0 Å². The van der Waals surface area contributed by atoms with Crippen LogP contribution in [0.3, 0.4) is 0 Å². The number of carbonyl (C=O) groups is 1. The van der Waals surface area contributed by atoms with Gasteiger partial charge >= 0.3 is 0 Å². The van der Waals surface area contributed by atoms with Gasteiger partial charge in [-0.15, -0.1) is 0 Å². The number of benzene rings is 3. The zero-order valence-corrected chi connectivity index (χ0v) is 16.0. The zero-order chi connectivity index (χ0) is 19.1. The van der Waals surface area contributed by atoms with E-state index >= 15 is 0 Å². The van der Waals surface area contributed by atoms with Gasteiger partial charge in [0, 0.05) is 17.8 Å². The number of hydrogen-bond acceptors (Lipinski definition) is 2. The molecule has 0 atom stereocenters. The van der Waals surface area contributed by atoms with E-state index in [1.807, 2.05) is 54.6 Å². The second-order valence-electron chi connectivity index (χ2n) is 6.56. The lowest BCUT2D eigenvalue weighted by molar-refractivity contribution is 0.102. The zero-order valence-electron chi connectivity index (χ0n) is 16.0. The van der Waals surface area contributed by atoms with Crippen molar-refractivity contribution >= 4 is 11.6 Å². The summed E-state index contributed by atoms with van der Waals surface area (Å²) in [6.45, 7) is 7.34. The molecule has 3 heteroatoms. The van der Waals surface area contributed by atoms with Crippen molar-refractivity contribution in [3.05, 3.63) is 90.0 Å². The van der Waals surface area contributed by atoms with Crippen LogP contribution < -0.4 is 5.32 Å². The number of nitrogens with zero attached hydrogens (tertiary/aromatic N) is 1. The van der Waals surface area contributed by atoms with Crippen LogP contribution in [0.5, 0.6) is 0 Å². The van der Waals surface area contributed by atoms with E-state index in [0.717, 1.165) is 36.4 Å². The highest BCUT2D eigenvalue weighted by molar-refractivity contribution is 6.04. The van der Waals surface area contributed by atoms with Crippen molar-refractivity contribution in [2.75, 3.05) is 18.4 Å². The number of hydrogen-bond donors (Lipinski definition) is 1. The number of anilines is 1. The first kappa shape index (κ1) is 18.9. The van der Waals surface area contributed by atoms with Crippen molar-refractivity contribution in [3.63, 3.8) is 0 Å². The average Bonchev–Trinajstić information content (AvgIpc) is 2.74. The molecule has 0 bridgehead atoms. The second-order valence-corrected chi connectivity index (χ2v) is 6.56. The van der Waals surface area contributed by atoms with Gasteiger partial charge in [0.2, 0.25) is 0 Å². The van der Waals surface area contributed by atoms with Crippen LogP contribution in [0.4, 0.5) is 5.69 Å². The van der Waals surface area contributed by atoms with Gasteiger partial charge in [-0.05, 0) is 54.0 Å². The maximum Gasteiger partial charge on any atom is 0.255 e. The van der Waals surface area contributed by atoms with Crippen molar-refractivity contribution in [2.24, 2.45) is 0 Å². The molecule has 0 fully saturated rings. The third-order valence-electron chi connectivity index (χ3n) is 4.77. The lowest BCUT2D eigenvalue weighted by Gasteiger charge is -2.18. The Hall–Kier alpha value is -2.91. The molecule has 3 aromatic rings. The molecule has 1 amide bonds. The van der Waals surface area contributed by atoms with Gasteiger partial charge in [0.1, 0.15) is 0 Å². The van der Waals surface area contributed by atoms with Crippen molar-refractivity contribution in [3.8, 4) is 11.1 Å². The molecule has 0 heterocycles. The Morgan fingerprint density at radius 3 is 1.96 bits per heavy atom. The molecule has 0 saturated heterocycles. The van der Waals surface area contributed by atoms with E-state index in [9.17, 15) is 4.79 Å². The fourth-order valence-electron chi connectivity index (χ4n) is 3.05. The standard InChI is InChI=1S/C24H26N2O/c1-3-26(4-2)18-19-10-16-23(17-11-19)25-24(27)22-14-12-21(13-15-22)20-8-6-5-7-9-20/h5-17H,3-4,18H2,1-2H3,(H,25,27). The van der Waals surface area contributed by atoms with E-state index in [1.54, 1.807) is 0 Å². The first-order valence-electron chi connectivity index (χ1n) is 9.47. The molecular formula is C24H26N2O. The Balaban J connectivity index is 1.63. The smallest absolute Gasteiger partial charge is 0.255 e. The van der Waals surface area contributed by atoms with Crippen LogP contribution in [0.1, 0.15) is 29.8 Å². The summed E-state index contributed by atoms with van der Waals surface area (Å²) < 4.78 is 0. The van der Waals surface area contributed by atoms with Gasteiger partial charge in [-0.1, -0.05) is 68.4 Å². The molecule has 0 spiro atoms. The highest BCUT2D eigenvalue weighted by Gasteiger charge is 2.07. The summed E-state index contributed by atoms with van der Waals surface area (Å²) in [4.78, 5) is 14.9. The van der Waals surface area contributed by atoms with Crippen molar-refractivity contribution in [2.45, 2.75) is 20.4 Å². The Labute approximate surface area is 161 Å². The molecule has 0 radical (unpaired) electrons. The van der Waals surface area contributed by atoms with E-state index in [4.69, 9.17) is 0 Å². The van der Waals surface area contributed by atoms with Crippen LogP contribution in [0.25, 0.3) is 11.1 Å². The summed E-state index contributed by atoms with van der Waals surface area (Å²) in [6, 6.07) is 25.9. The lowest BCUT2D eigenvalue weighted by Crippen LogP contribution is -2.22. The minimum absolute atomic E-state index is 0.0916. The topological polar surface area (TPSA) is 32.3 Å². The minimum atomic E-state index is -0.0916. The Bertz CT molecular complexity index is 851.